The van der Waals surface area contributed by atoms with Crippen molar-refractivity contribution in [1.82, 2.24) is 10.2 Å². The average Bonchev–Trinajstić information content (AvgIpc) is 3.52. The number of hydrogen-bond acceptors (Lipinski definition) is 5. The van der Waals surface area contributed by atoms with Gasteiger partial charge in [-0.1, -0.05) is 42.5 Å². The van der Waals surface area contributed by atoms with Crippen molar-refractivity contribution in [3.05, 3.63) is 71.0 Å². The van der Waals surface area contributed by atoms with Gasteiger partial charge in [-0.2, -0.15) is 0 Å². The number of fused-ring (bicyclic) bond motifs is 3. The lowest BCUT2D eigenvalue weighted by atomic mass is 9.78. The molecule has 3 atom stereocenters. The monoisotopic (exact) mass is 518 g/mol. The van der Waals surface area contributed by atoms with Crippen molar-refractivity contribution in [3.63, 3.8) is 0 Å². The van der Waals surface area contributed by atoms with Crippen LogP contribution in [0.2, 0.25) is 0 Å². The molecule has 1 aliphatic carbocycles. The molecule has 0 radical (unpaired) electrons. The van der Waals surface area contributed by atoms with Gasteiger partial charge in [0.25, 0.3) is 5.91 Å². The molecule has 3 aliphatic rings. The molecule has 0 unspecified atom stereocenters. The normalized spacial score (nSPS) is 22.1. The Kier molecular flexibility index (Phi) is 8.45. The molecule has 2 aromatic rings. The number of allylic oxidation sites excluding steroid dienone is 1. The highest BCUT2D eigenvalue weighted by Crippen LogP contribution is 2.45. The maximum Gasteiger partial charge on any atom is 0.286 e. The van der Waals surface area contributed by atoms with E-state index in [0.29, 0.717) is 39.0 Å². The Bertz CT molecular complexity index is 1190. The smallest absolute Gasteiger partial charge is 0.286 e. The molecule has 2 heterocycles. The summed E-state index contributed by atoms with van der Waals surface area (Å²) in [5, 5.41) is 12.6. The van der Waals surface area contributed by atoms with Crippen molar-refractivity contribution in [2.45, 2.75) is 57.7 Å². The number of rotatable bonds is 11. The second-order valence-electron chi connectivity index (χ2n) is 10.3. The van der Waals surface area contributed by atoms with Crippen molar-refractivity contribution >= 4 is 11.8 Å². The minimum atomic E-state index is -0.579. The van der Waals surface area contributed by atoms with Crippen molar-refractivity contribution in [2.75, 3.05) is 32.8 Å². The lowest BCUT2D eigenvalue weighted by Crippen LogP contribution is -2.39. The molecule has 2 aromatic carbocycles. The van der Waals surface area contributed by atoms with E-state index in [4.69, 9.17) is 9.47 Å². The topological polar surface area (TPSA) is 88.1 Å². The van der Waals surface area contributed by atoms with Crippen LogP contribution in [0.1, 0.15) is 61.6 Å². The number of aliphatic hydroxyl groups is 1. The molecule has 7 nitrogen and oxygen atoms in total. The molecular weight excluding hydrogens is 480 g/mol. The van der Waals surface area contributed by atoms with Crippen LogP contribution in [0.15, 0.2) is 54.3 Å². The number of nitrogens with one attached hydrogen (secondary N) is 1. The Labute approximate surface area is 224 Å². The molecule has 2 N–H and O–H groups in total. The minimum absolute atomic E-state index is 0.0324. The fourth-order valence-corrected chi connectivity index (χ4v) is 6.12. The average molecular weight is 519 g/mol. The molecule has 1 fully saturated rings. The number of aliphatic hydroxyl groups excluding tert-OH is 1. The number of hydrogen-bond donors (Lipinski definition) is 2. The number of likely N-dealkylation sites (tertiary alicyclic amines) is 1. The number of nitrogens with zero attached hydrogens (tertiary/aromatic N) is 1. The van der Waals surface area contributed by atoms with Crippen molar-refractivity contribution in [3.8, 4) is 11.1 Å². The summed E-state index contributed by atoms with van der Waals surface area (Å²) in [6.45, 7) is 4.41. The van der Waals surface area contributed by atoms with Gasteiger partial charge in [-0.3, -0.25) is 9.59 Å². The second-order valence-corrected chi connectivity index (χ2v) is 10.3. The van der Waals surface area contributed by atoms with Crippen LogP contribution in [-0.2, 0) is 25.5 Å². The predicted molar refractivity (Wildman–Crippen MR) is 145 cm³/mol. The zero-order chi connectivity index (χ0) is 26.5. The summed E-state index contributed by atoms with van der Waals surface area (Å²) < 4.78 is 12.2. The third-order valence-electron chi connectivity index (χ3n) is 7.94. The molecule has 0 aromatic heterocycles. The molecule has 0 saturated carbocycles. The third kappa shape index (κ3) is 5.49. The third-order valence-corrected chi connectivity index (χ3v) is 7.94. The largest absolute Gasteiger partial charge is 0.459 e. The number of carbonyl (C=O) groups is 2. The van der Waals surface area contributed by atoms with E-state index in [2.05, 4.69) is 47.8 Å². The van der Waals surface area contributed by atoms with Crippen molar-refractivity contribution < 1.29 is 24.2 Å². The highest BCUT2D eigenvalue weighted by Gasteiger charge is 2.39. The van der Waals surface area contributed by atoms with E-state index in [1.807, 2.05) is 17.9 Å². The van der Waals surface area contributed by atoms with Crippen LogP contribution in [0.3, 0.4) is 0 Å². The standard InChI is InChI=1S/C31H38N2O5/c1-2-37-31-25(13-7-18-34)27(24-12-5-11-23-22-10-4-3-9-21(22)19-26(23)24)20-28(38-31)30(36)32-15-8-17-33-16-6-14-29(33)35/h3-5,9-12,20,25,27,31,34H,2,6-8,13-19H2,1H3,(H,32,36)/t25-,27+,31+/m1/s1. The van der Waals surface area contributed by atoms with Crippen LogP contribution < -0.4 is 5.32 Å². The fraction of sp³-hybridized carbons (Fsp3) is 0.484. The fourth-order valence-electron chi connectivity index (χ4n) is 6.12. The lowest BCUT2D eigenvalue weighted by molar-refractivity contribution is -0.166. The Morgan fingerprint density at radius 3 is 2.79 bits per heavy atom. The van der Waals surface area contributed by atoms with E-state index in [9.17, 15) is 14.7 Å². The van der Waals surface area contributed by atoms with E-state index >= 15 is 0 Å². The second kappa shape index (κ2) is 12.1. The molecule has 2 amide bonds. The maximum absolute atomic E-state index is 13.2. The van der Waals surface area contributed by atoms with Gasteiger partial charge in [0.15, 0.2) is 5.76 Å². The predicted octanol–water partition coefficient (Wildman–Crippen LogP) is 4.14. The molecule has 0 spiro atoms. The first-order valence-corrected chi connectivity index (χ1v) is 14.0. The Morgan fingerprint density at radius 1 is 1.16 bits per heavy atom. The summed E-state index contributed by atoms with van der Waals surface area (Å²) in [4.78, 5) is 27.0. The van der Waals surface area contributed by atoms with Gasteiger partial charge in [-0.05, 0) is 72.9 Å². The molecular formula is C31H38N2O5. The van der Waals surface area contributed by atoms with Crippen LogP contribution in [0.25, 0.3) is 11.1 Å². The molecule has 2 aliphatic heterocycles. The number of benzene rings is 2. The van der Waals surface area contributed by atoms with Crippen LogP contribution in [0, 0.1) is 5.92 Å². The summed E-state index contributed by atoms with van der Waals surface area (Å²) in [6, 6.07) is 14.9. The van der Waals surface area contributed by atoms with Crippen LogP contribution in [0.5, 0.6) is 0 Å². The molecule has 7 heteroatoms. The highest BCUT2D eigenvalue weighted by molar-refractivity contribution is 5.91. The van der Waals surface area contributed by atoms with Gasteiger partial charge in [-0.25, -0.2) is 0 Å². The first kappa shape index (κ1) is 26.4. The van der Waals surface area contributed by atoms with Gasteiger partial charge < -0.3 is 24.8 Å². The van der Waals surface area contributed by atoms with Crippen LogP contribution in [0.4, 0.5) is 0 Å². The van der Waals surface area contributed by atoms with E-state index < -0.39 is 6.29 Å². The lowest BCUT2D eigenvalue weighted by Gasteiger charge is -2.37. The molecule has 38 heavy (non-hydrogen) atoms. The summed E-state index contributed by atoms with van der Waals surface area (Å²) in [5.41, 5.74) is 6.30. The van der Waals surface area contributed by atoms with E-state index in [1.54, 1.807) is 0 Å². The Morgan fingerprint density at radius 2 is 2.00 bits per heavy atom. The van der Waals surface area contributed by atoms with Crippen molar-refractivity contribution in [2.24, 2.45) is 5.92 Å². The van der Waals surface area contributed by atoms with E-state index in [0.717, 1.165) is 25.8 Å². The van der Waals surface area contributed by atoms with E-state index in [1.165, 1.54) is 27.8 Å². The Balaban J connectivity index is 1.39. The van der Waals surface area contributed by atoms with Crippen LogP contribution >= 0.6 is 0 Å². The van der Waals surface area contributed by atoms with Gasteiger partial charge in [0.1, 0.15) is 0 Å². The molecule has 0 bridgehead atoms. The summed E-state index contributed by atoms with van der Waals surface area (Å²) in [5.74, 6) is 0.0978. The summed E-state index contributed by atoms with van der Waals surface area (Å²) in [6.07, 6.45) is 5.82. The summed E-state index contributed by atoms with van der Waals surface area (Å²) in [7, 11) is 0. The molecule has 5 rings (SSSR count). The SMILES string of the molecule is CCO[C@H]1OC(C(=O)NCCCN2CCCC2=O)=C[C@@H](c2cccc3c2Cc2ccccc2-3)[C@H]1CCCO. The first-order valence-electron chi connectivity index (χ1n) is 14.0. The van der Waals surface area contributed by atoms with E-state index in [-0.39, 0.29) is 36.0 Å². The minimum Gasteiger partial charge on any atom is -0.459 e. The van der Waals surface area contributed by atoms with Crippen LogP contribution in [-0.4, -0.2) is 61.0 Å². The van der Waals surface area contributed by atoms with Gasteiger partial charge >= 0.3 is 0 Å². The Hall–Kier alpha value is -3.16. The number of ether oxygens (including phenoxy) is 2. The van der Waals surface area contributed by atoms with Gasteiger partial charge in [0.05, 0.1) is 0 Å². The maximum atomic E-state index is 13.2. The quantitative estimate of drug-likeness (QED) is 0.373. The zero-order valence-electron chi connectivity index (χ0n) is 22.2. The first-order chi connectivity index (χ1) is 18.6. The van der Waals surface area contributed by atoms with Gasteiger partial charge in [-0.15, -0.1) is 0 Å². The van der Waals surface area contributed by atoms with Gasteiger partial charge in [0.2, 0.25) is 12.2 Å². The molecule has 1 saturated heterocycles. The van der Waals surface area contributed by atoms with Gasteiger partial charge in [0, 0.05) is 51.1 Å². The highest BCUT2D eigenvalue weighted by atomic mass is 16.7. The number of carbonyl (C=O) groups excluding carboxylic acids is 2. The zero-order valence-corrected chi connectivity index (χ0v) is 22.2. The molecule has 202 valence electrons. The summed E-state index contributed by atoms with van der Waals surface area (Å²) >= 11 is 0. The number of amides is 2. The van der Waals surface area contributed by atoms with Crippen molar-refractivity contribution in [1.29, 1.82) is 0 Å².